The van der Waals surface area contributed by atoms with Crippen LogP contribution in [0.5, 0.6) is 0 Å². The molecule has 0 spiro atoms. The van der Waals surface area contributed by atoms with E-state index in [1.54, 1.807) is 36.4 Å². The van der Waals surface area contributed by atoms with E-state index >= 15 is 0 Å². The molecule has 0 atom stereocenters. The fraction of sp³-hybridized carbons (Fsp3) is 0. The number of carbonyl (C=O) groups is 1. The third kappa shape index (κ3) is 3.29. The molecule has 0 aliphatic heterocycles. The van der Waals surface area contributed by atoms with E-state index < -0.39 is 5.97 Å². The number of nitrogens with two attached hydrogens (primary N) is 1. The fourth-order valence-corrected chi connectivity index (χ4v) is 1.84. The van der Waals surface area contributed by atoms with Crippen LogP contribution in [0, 0.1) is 0 Å². The lowest BCUT2D eigenvalue weighted by Gasteiger charge is -2.03. The molecular formula is C14H10Cl2N2O2. The molecule has 2 aromatic rings. The fourth-order valence-electron chi connectivity index (χ4n) is 1.46. The first-order chi connectivity index (χ1) is 9.59. The second-order valence-electron chi connectivity index (χ2n) is 3.82. The van der Waals surface area contributed by atoms with Gasteiger partial charge in [0.2, 0.25) is 0 Å². The number of benzene rings is 2. The summed E-state index contributed by atoms with van der Waals surface area (Å²) < 4.78 is 0. The van der Waals surface area contributed by atoms with Gasteiger partial charge in [-0.2, -0.15) is 0 Å². The summed E-state index contributed by atoms with van der Waals surface area (Å²) in [5, 5.41) is 3.97. The highest BCUT2D eigenvalue weighted by atomic mass is 35.5. The first kappa shape index (κ1) is 14.4. The van der Waals surface area contributed by atoms with Crippen LogP contribution in [-0.4, -0.2) is 11.8 Å². The Morgan fingerprint density at radius 1 is 1.05 bits per heavy atom. The van der Waals surface area contributed by atoms with Crippen molar-refractivity contribution in [2.45, 2.75) is 0 Å². The van der Waals surface area contributed by atoms with Crippen LogP contribution in [0.2, 0.25) is 10.0 Å². The van der Waals surface area contributed by atoms with Gasteiger partial charge in [-0.05, 0) is 12.1 Å². The minimum atomic E-state index is -0.726. The maximum absolute atomic E-state index is 11.8. The Morgan fingerprint density at radius 3 is 2.45 bits per heavy atom. The number of carbonyl (C=O) groups excluding carboxylic acids is 1. The molecule has 0 aliphatic carbocycles. The summed E-state index contributed by atoms with van der Waals surface area (Å²) >= 11 is 11.7. The van der Waals surface area contributed by atoms with E-state index in [1.165, 1.54) is 6.07 Å². The molecule has 2 N–H and O–H groups in total. The highest BCUT2D eigenvalue weighted by molar-refractivity contribution is 6.43. The van der Waals surface area contributed by atoms with Crippen molar-refractivity contribution in [1.29, 1.82) is 0 Å². The Balaban J connectivity index is 2.15. The van der Waals surface area contributed by atoms with Crippen LogP contribution in [0.1, 0.15) is 15.9 Å². The van der Waals surface area contributed by atoms with Gasteiger partial charge in [0.25, 0.3) is 0 Å². The Labute approximate surface area is 125 Å². The zero-order valence-corrected chi connectivity index (χ0v) is 11.7. The van der Waals surface area contributed by atoms with E-state index in [2.05, 4.69) is 5.16 Å². The van der Waals surface area contributed by atoms with Crippen LogP contribution >= 0.6 is 23.2 Å². The molecule has 4 nitrogen and oxygen atoms in total. The maximum atomic E-state index is 11.8. The van der Waals surface area contributed by atoms with Gasteiger partial charge < -0.3 is 10.6 Å². The molecule has 0 heterocycles. The second-order valence-corrected chi connectivity index (χ2v) is 4.61. The first-order valence-electron chi connectivity index (χ1n) is 5.64. The third-order valence-electron chi connectivity index (χ3n) is 2.47. The molecular weight excluding hydrogens is 299 g/mol. The van der Waals surface area contributed by atoms with E-state index in [1.807, 2.05) is 6.07 Å². The van der Waals surface area contributed by atoms with Crippen LogP contribution < -0.4 is 5.73 Å². The third-order valence-corrected chi connectivity index (χ3v) is 3.29. The topological polar surface area (TPSA) is 64.7 Å². The molecule has 0 fully saturated rings. The zero-order chi connectivity index (χ0) is 14.5. The van der Waals surface area contributed by atoms with E-state index in [-0.39, 0.29) is 21.4 Å². The van der Waals surface area contributed by atoms with Crippen molar-refractivity contribution in [3.63, 3.8) is 0 Å². The van der Waals surface area contributed by atoms with E-state index in [0.29, 0.717) is 5.56 Å². The standard InChI is InChI=1S/C14H10Cl2N2O2/c15-11-8-4-7-10(12(11)16)14(19)20-18-13(17)9-5-2-1-3-6-9/h1-8H,(H2,17,18). The normalized spacial score (nSPS) is 11.2. The van der Waals surface area contributed by atoms with Gasteiger partial charge in [0.1, 0.15) is 0 Å². The Hall–Kier alpha value is -2.04. The van der Waals surface area contributed by atoms with Crippen LogP contribution in [0.25, 0.3) is 0 Å². The Morgan fingerprint density at radius 2 is 1.75 bits per heavy atom. The van der Waals surface area contributed by atoms with Gasteiger partial charge >= 0.3 is 5.97 Å². The number of oxime groups is 1. The van der Waals surface area contributed by atoms with Crippen molar-refractivity contribution in [2.24, 2.45) is 10.9 Å². The van der Waals surface area contributed by atoms with Crippen LogP contribution in [0.4, 0.5) is 0 Å². The number of halogens is 2. The summed E-state index contributed by atoms with van der Waals surface area (Å²) in [6, 6.07) is 13.6. The number of hydrogen-bond donors (Lipinski definition) is 1. The molecule has 0 aliphatic rings. The van der Waals surface area contributed by atoms with Crippen molar-refractivity contribution in [3.8, 4) is 0 Å². The van der Waals surface area contributed by atoms with Gasteiger partial charge in [-0.1, -0.05) is 64.8 Å². The lowest BCUT2D eigenvalue weighted by molar-refractivity contribution is 0.0516. The van der Waals surface area contributed by atoms with Gasteiger partial charge in [-0.15, -0.1) is 0 Å². The average molecular weight is 309 g/mol. The molecule has 0 bridgehead atoms. The maximum Gasteiger partial charge on any atom is 0.367 e. The van der Waals surface area contributed by atoms with Crippen LogP contribution in [0.3, 0.4) is 0 Å². The summed E-state index contributed by atoms with van der Waals surface area (Å²) in [4.78, 5) is 16.6. The van der Waals surface area contributed by atoms with E-state index in [9.17, 15) is 4.79 Å². The number of hydrogen-bond acceptors (Lipinski definition) is 3. The molecule has 2 aromatic carbocycles. The lowest BCUT2D eigenvalue weighted by atomic mass is 10.2. The molecule has 0 radical (unpaired) electrons. The highest BCUT2D eigenvalue weighted by Crippen LogP contribution is 2.26. The summed E-state index contributed by atoms with van der Waals surface area (Å²) in [6.45, 7) is 0. The monoisotopic (exact) mass is 308 g/mol. The quantitative estimate of drug-likeness (QED) is 0.408. The molecule has 6 heteroatoms. The molecule has 2 rings (SSSR count). The number of amidine groups is 1. The minimum absolute atomic E-state index is 0.0945. The van der Waals surface area contributed by atoms with Crippen molar-refractivity contribution >= 4 is 35.0 Å². The lowest BCUT2D eigenvalue weighted by Crippen LogP contribution is -2.15. The second kappa shape index (κ2) is 6.41. The number of rotatable bonds is 3. The molecule has 0 saturated carbocycles. The van der Waals surface area contributed by atoms with Gasteiger partial charge in [-0.3, -0.25) is 0 Å². The molecule has 0 aromatic heterocycles. The van der Waals surface area contributed by atoms with Crippen LogP contribution in [0.15, 0.2) is 53.7 Å². The van der Waals surface area contributed by atoms with E-state index in [4.69, 9.17) is 33.8 Å². The number of nitrogens with zero attached hydrogens (tertiary/aromatic N) is 1. The average Bonchev–Trinajstić information content (AvgIpc) is 2.48. The SMILES string of the molecule is N/C(=N\OC(=O)c1cccc(Cl)c1Cl)c1ccccc1. The molecule has 102 valence electrons. The predicted octanol–water partition coefficient (Wildman–Crippen LogP) is 3.47. The minimum Gasteiger partial charge on any atom is -0.380 e. The molecule has 0 unspecified atom stereocenters. The van der Waals surface area contributed by atoms with Gasteiger partial charge in [-0.25, -0.2) is 4.79 Å². The van der Waals surface area contributed by atoms with E-state index in [0.717, 1.165) is 0 Å². The molecule has 20 heavy (non-hydrogen) atoms. The molecule has 0 amide bonds. The van der Waals surface area contributed by atoms with Crippen molar-refractivity contribution in [1.82, 2.24) is 0 Å². The largest absolute Gasteiger partial charge is 0.380 e. The smallest absolute Gasteiger partial charge is 0.367 e. The first-order valence-corrected chi connectivity index (χ1v) is 6.39. The molecule has 0 saturated heterocycles. The van der Waals surface area contributed by atoms with Gasteiger partial charge in [0.15, 0.2) is 5.84 Å². The predicted molar refractivity (Wildman–Crippen MR) is 79.0 cm³/mol. The summed E-state index contributed by atoms with van der Waals surface area (Å²) in [6.07, 6.45) is 0. The van der Waals surface area contributed by atoms with Crippen LogP contribution in [-0.2, 0) is 4.84 Å². The highest BCUT2D eigenvalue weighted by Gasteiger charge is 2.14. The van der Waals surface area contributed by atoms with Gasteiger partial charge in [0.05, 0.1) is 15.6 Å². The van der Waals surface area contributed by atoms with Crippen molar-refractivity contribution in [3.05, 3.63) is 69.7 Å². The van der Waals surface area contributed by atoms with Crippen molar-refractivity contribution in [2.75, 3.05) is 0 Å². The van der Waals surface area contributed by atoms with Crippen molar-refractivity contribution < 1.29 is 9.63 Å². The summed E-state index contributed by atoms with van der Waals surface area (Å²) in [7, 11) is 0. The Kier molecular flexibility index (Phi) is 4.61. The summed E-state index contributed by atoms with van der Waals surface area (Å²) in [5.41, 5.74) is 6.48. The Bertz CT molecular complexity index is 657. The summed E-state index contributed by atoms with van der Waals surface area (Å²) in [5.74, 6) is -0.631. The zero-order valence-electron chi connectivity index (χ0n) is 10.2. The van der Waals surface area contributed by atoms with Gasteiger partial charge in [0, 0.05) is 5.56 Å².